The van der Waals surface area contributed by atoms with Crippen molar-refractivity contribution >= 4 is 17.6 Å². The summed E-state index contributed by atoms with van der Waals surface area (Å²) in [5.41, 5.74) is 0.958. The number of carbonyl (C=O) groups excluding carboxylic acids is 1. The Hall–Kier alpha value is -1.02. The number of hydrogen-bond acceptors (Lipinski definition) is 2. The number of esters is 1. The lowest BCUT2D eigenvalue weighted by Crippen LogP contribution is -2.16. The summed E-state index contributed by atoms with van der Waals surface area (Å²) in [6, 6.07) is 9.62. The summed E-state index contributed by atoms with van der Waals surface area (Å²) >= 11 is 6.21. The van der Waals surface area contributed by atoms with Crippen LogP contribution in [0.4, 0.5) is 0 Å². The summed E-state index contributed by atoms with van der Waals surface area (Å²) < 4.78 is 5.37. The second-order valence-electron chi connectivity index (χ2n) is 4.88. The molecule has 0 radical (unpaired) electrons. The van der Waals surface area contributed by atoms with E-state index >= 15 is 0 Å². The van der Waals surface area contributed by atoms with Crippen LogP contribution in [0.25, 0.3) is 0 Å². The lowest BCUT2D eigenvalue weighted by Gasteiger charge is -2.15. The van der Waals surface area contributed by atoms with Gasteiger partial charge in [-0.05, 0) is 25.3 Å². The molecule has 2 unspecified atom stereocenters. The highest BCUT2D eigenvalue weighted by Crippen LogP contribution is 2.24. The zero-order valence-electron chi connectivity index (χ0n) is 11.8. The van der Waals surface area contributed by atoms with Gasteiger partial charge in [-0.25, -0.2) is 0 Å². The maximum Gasteiger partial charge on any atom is 0.307 e. The lowest BCUT2D eigenvalue weighted by molar-refractivity contribution is -0.148. The molecular formula is C16H23ClO2. The zero-order valence-corrected chi connectivity index (χ0v) is 12.5. The highest BCUT2D eigenvalue weighted by Gasteiger charge is 2.16. The highest BCUT2D eigenvalue weighted by atomic mass is 35.5. The third-order valence-electron chi connectivity index (χ3n) is 3.05. The van der Waals surface area contributed by atoms with Gasteiger partial charge in [-0.15, -0.1) is 11.6 Å². The third kappa shape index (κ3) is 6.63. The summed E-state index contributed by atoms with van der Waals surface area (Å²) in [7, 11) is 0. The van der Waals surface area contributed by atoms with Gasteiger partial charge < -0.3 is 4.74 Å². The van der Waals surface area contributed by atoms with E-state index in [1.807, 2.05) is 37.3 Å². The highest BCUT2D eigenvalue weighted by molar-refractivity contribution is 6.21. The molecule has 0 bridgehead atoms. The molecule has 0 aliphatic carbocycles. The first kappa shape index (κ1) is 16.0. The first-order chi connectivity index (χ1) is 9.13. The number of rotatable bonds is 8. The number of carbonyl (C=O) groups is 1. The summed E-state index contributed by atoms with van der Waals surface area (Å²) in [5, 5.41) is -0.309. The van der Waals surface area contributed by atoms with Crippen molar-refractivity contribution in [2.24, 2.45) is 0 Å². The van der Waals surface area contributed by atoms with E-state index in [4.69, 9.17) is 16.3 Å². The van der Waals surface area contributed by atoms with Crippen molar-refractivity contribution in [1.29, 1.82) is 0 Å². The Balaban J connectivity index is 2.30. The van der Waals surface area contributed by atoms with E-state index in [2.05, 4.69) is 6.92 Å². The van der Waals surface area contributed by atoms with Crippen LogP contribution in [0.3, 0.4) is 0 Å². The molecule has 0 aromatic heterocycles. The smallest absolute Gasteiger partial charge is 0.307 e. The van der Waals surface area contributed by atoms with Crippen LogP contribution in [0.1, 0.15) is 56.9 Å². The average molecular weight is 283 g/mol. The number of alkyl halides is 1. The maximum atomic E-state index is 11.8. The van der Waals surface area contributed by atoms with Crippen LogP contribution in [-0.2, 0) is 9.53 Å². The van der Waals surface area contributed by atoms with Crippen LogP contribution in [0.2, 0.25) is 0 Å². The second-order valence-corrected chi connectivity index (χ2v) is 5.41. The summed E-state index contributed by atoms with van der Waals surface area (Å²) in [5.74, 6) is -0.215. The maximum absolute atomic E-state index is 11.8. The van der Waals surface area contributed by atoms with Gasteiger partial charge >= 0.3 is 5.97 Å². The van der Waals surface area contributed by atoms with Crippen molar-refractivity contribution in [3.8, 4) is 0 Å². The molecule has 0 N–H and O–H groups in total. The molecule has 0 fully saturated rings. The van der Waals surface area contributed by atoms with Crippen LogP contribution in [-0.4, -0.2) is 12.1 Å². The van der Waals surface area contributed by atoms with Crippen molar-refractivity contribution in [3.05, 3.63) is 35.9 Å². The molecule has 19 heavy (non-hydrogen) atoms. The van der Waals surface area contributed by atoms with Crippen molar-refractivity contribution in [2.45, 2.75) is 57.4 Å². The summed E-state index contributed by atoms with van der Waals surface area (Å²) in [6.07, 6.45) is 4.61. The number of halogens is 1. The normalized spacial score (nSPS) is 13.8. The molecule has 1 aromatic rings. The van der Waals surface area contributed by atoms with Crippen molar-refractivity contribution < 1.29 is 9.53 Å². The molecule has 0 saturated heterocycles. The van der Waals surface area contributed by atoms with Gasteiger partial charge in [-0.2, -0.15) is 0 Å². The SMILES string of the molecule is CCCCCC(C)OC(=O)CC(Cl)c1ccccc1. The predicted molar refractivity (Wildman–Crippen MR) is 79.3 cm³/mol. The minimum atomic E-state index is -0.309. The molecule has 2 atom stereocenters. The number of unbranched alkanes of at least 4 members (excludes halogenated alkanes) is 2. The molecule has 3 heteroatoms. The van der Waals surface area contributed by atoms with Gasteiger partial charge in [0.2, 0.25) is 0 Å². The predicted octanol–water partition coefficient (Wildman–Crippen LogP) is 4.87. The topological polar surface area (TPSA) is 26.3 Å². The molecule has 0 aliphatic rings. The van der Waals surface area contributed by atoms with E-state index in [0.29, 0.717) is 0 Å². The molecule has 0 saturated carbocycles. The van der Waals surface area contributed by atoms with Crippen LogP contribution >= 0.6 is 11.6 Å². The largest absolute Gasteiger partial charge is 0.463 e. The van der Waals surface area contributed by atoms with Gasteiger partial charge in [0, 0.05) is 0 Å². The van der Waals surface area contributed by atoms with Crippen LogP contribution in [0, 0.1) is 0 Å². The van der Waals surface area contributed by atoms with Gasteiger partial charge in [0.1, 0.15) is 0 Å². The first-order valence-corrected chi connectivity index (χ1v) is 7.45. The van der Waals surface area contributed by atoms with E-state index in [1.165, 1.54) is 12.8 Å². The Labute approximate surface area is 121 Å². The second kappa shape index (κ2) is 8.98. The molecular weight excluding hydrogens is 260 g/mol. The van der Waals surface area contributed by atoms with Crippen LogP contribution in [0.5, 0.6) is 0 Å². The number of hydrogen-bond donors (Lipinski definition) is 0. The van der Waals surface area contributed by atoms with Gasteiger partial charge in [-0.3, -0.25) is 4.79 Å². The fraction of sp³-hybridized carbons (Fsp3) is 0.562. The Morgan fingerprint density at radius 1 is 1.26 bits per heavy atom. The van der Waals surface area contributed by atoms with Gasteiger partial charge in [-0.1, -0.05) is 50.1 Å². The number of ether oxygens (including phenoxy) is 1. The van der Waals surface area contributed by atoms with E-state index in [9.17, 15) is 4.79 Å². The monoisotopic (exact) mass is 282 g/mol. The fourth-order valence-electron chi connectivity index (χ4n) is 1.94. The summed E-state index contributed by atoms with van der Waals surface area (Å²) in [4.78, 5) is 11.8. The first-order valence-electron chi connectivity index (χ1n) is 7.02. The van der Waals surface area contributed by atoms with Gasteiger partial charge in [0.05, 0.1) is 17.9 Å². The molecule has 0 spiro atoms. The zero-order chi connectivity index (χ0) is 14.1. The molecule has 2 nitrogen and oxygen atoms in total. The Morgan fingerprint density at radius 2 is 1.95 bits per heavy atom. The molecule has 0 heterocycles. The molecule has 0 aliphatic heterocycles. The number of benzene rings is 1. The van der Waals surface area contributed by atoms with Crippen molar-refractivity contribution in [3.63, 3.8) is 0 Å². The average Bonchev–Trinajstić information content (AvgIpc) is 2.39. The summed E-state index contributed by atoms with van der Waals surface area (Å²) in [6.45, 7) is 4.11. The minimum absolute atomic E-state index is 0.0151. The Kier molecular flexibility index (Phi) is 7.57. The Bertz CT molecular complexity index is 364. The van der Waals surface area contributed by atoms with Crippen molar-refractivity contribution in [1.82, 2.24) is 0 Å². The molecule has 1 rings (SSSR count). The van der Waals surface area contributed by atoms with E-state index < -0.39 is 0 Å². The fourth-order valence-corrected chi connectivity index (χ4v) is 2.21. The van der Waals surface area contributed by atoms with Crippen molar-refractivity contribution in [2.75, 3.05) is 0 Å². The van der Waals surface area contributed by atoms with E-state index in [-0.39, 0.29) is 23.9 Å². The van der Waals surface area contributed by atoms with Gasteiger partial charge in [0.25, 0.3) is 0 Å². The quantitative estimate of drug-likeness (QED) is 0.386. The molecule has 1 aromatic carbocycles. The third-order valence-corrected chi connectivity index (χ3v) is 3.46. The molecule has 106 valence electrons. The van der Waals surface area contributed by atoms with Crippen LogP contribution in [0.15, 0.2) is 30.3 Å². The lowest BCUT2D eigenvalue weighted by atomic mass is 10.1. The van der Waals surface area contributed by atoms with Crippen LogP contribution < -0.4 is 0 Å². The minimum Gasteiger partial charge on any atom is -0.463 e. The molecule has 0 amide bonds. The standard InChI is InChI=1S/C16H23ClO2/c1-3-4-6-9-13(2)19-16(18)12-15(17)14-10-7-5-8-11-14/h5,7-8,10-11,13,15H,3-4,6,9,12H2,1-2H3. The van der Waals surface area contributed by atoms with Gasteiger partial charge in [0.15, 0.2) is 0 Å². The van der Waals surface area contributed by atoms with E-state index in [0.717, 1.165) is 18.4 Å². The van der Waals surface area contributed by atoms with E-state index in [1.54, 1.807) is 0 Å². The Morgan fingerprint density at radius 3 is 2.58 bits per heavy atom.